The van der Waals surface area contributed by atoms with Crippen molar-refractivity contribution >= 4 is 28.5 Å². The number of pyridine rings is 1. The lowest BCUT2D eigenvalue weighted by Crippen LogP contribution is -2.28. The Bertz CT molecular complexity index is 1070. The lowest BCUT2D eigenvalue weighted by molar-refractivity contribution is 0.320. The second-order valence-corrected chi connectivity index (χ2v) is 9.62. The molecule has 3 aromatic rings. The van der Waals surface area contributed by atoms with E-state index in [1.165, 1.54) is 17.0 Å². The van der Waals surface area contributed by atoms with Gasteiger partial charge in [0.15, 0.2) is 5.17 Å². The summed E-state index contributed by atoms with van der Waals surface area (Å²) in [4.78, 5) is 12.2. The topological polar surface area (TPSA) is 33.4 Å². The highest BCUT2D eigenvalue weighted by Crippen LogP contribution is 2.48. The van der Waals surface area contributed by atoms with Crippen molar-refractivity contribution in [2.75, 3.05) is 6.54 Å². The Labute approximate surface area is 180 Å². The smallest absolute Gasteiger partial charge is 0.160 e. The van der Waals surface area contributed by atoms with Gasteiger partial charge in [-0.3, -0.25) is 9.98 Å². The molecule has 4 nitrogen and oxygen atoms in total. The van der Waals surface area contributed by atoms with Crippen LogP contribution in [0.4, 0.5) is 0 Å². The number of thioether (sulfide) groups is 1. The van der Waals surface area contributed by atoms with Crippen molar-refractivity contribution in [3.63, 3.8) is 0 Å². The summed E-state index contributed by atoms with van der Waals surface area (Å²) in [6, 6.07) is 16.7. The summed E-state index contributed by atoms with van der Waals surface area (Å²) in [6.07, 6.45) is 1.86. The van der Waals surface area contributed by atoms with Crippen LogP contribution in [0.15, 0.2) is 59.7 Å². The van der Waals surface area contributed by atoms with Gasteiger partial charge in [-0.2, -0.15) is 0 Å². The molecular weight excluding hydrogens is 400 g/mol. The summed E-state index contributed by atoms with van der Waals surface area (Å²) in [7, 11) is 0. The number of hydrogen-bond donors (Lipinski definition) is 0. The molecule has 4 heterocycles. The predicted octanol–water partition coefficient (Wildman–Crippen LogP) is 5.73. The van der Waals surface area contributed by atoms with E-state index in [1.807, 2.05) is 36.2 Å². The van der Waals surface area contributed by atoms with Crippen molar-refractivity contribution in [1.29, 1.82) is 0 Å². The lowest BCUT2D eigenvalue weighted by Gasteiger charge is -2.27. The van der Waals surface area contributed by atoms with Crippen LogP contribution in [0, 0.1) is 13.8 Å². The lowest BCUT2D eigenvalue weighted by atomic mass is 9.96. The van der Waals surface area contributed by atoms with Gasteiger partial charge < -0.3 is 9.47 Å². The Morgan fingerprint density at radius 2 is 1.90 bits per heavy atom. The van der Waals surface area contributed by atoms with Crippen molar-refractivity contribution in [2.45, 2.75) is 38.1 Å². The molecule has 0 aliphatic carbocycles. The molecule has 1 aromatic carbocycles. The molecule has 6 heteroatoms. The molecule has 1 saturated heterocycles. The van der Waals surface area contributed by atoms with E-state index < -0.39 is 0 Å². The second kappa shape index (κ2) is 7.22. The molecule has 0 saturated carbocycles. The van der Waals surface area contributed by atoms with Gasteiger partial charge in [-0.05, 0) is 61.9 Å². The van der Waals surface area contributed by atoms with Crippen LogP contribution in [-0.2, 0) is 0 Å². The number of benzene rings is 1. The zero-order valence-corrected chi connectivity index (χ0v) is 18.3. The first-order valence-corrected chi connectivity index (χ1v) is 11.2. The largest absolute Gasteiger partial charge is 0.341 e. The molecule has 0 N–H and O–H groups in total. The number of aryl methyl sites for hydroxylation is 1. The number of halogens is 1. The Morgan fingerprint density at radius 1 is 1.10 bits per heavy atom. The zero-order valence-electron chi connectivity index (χ0n) is 16.7. The van der Waals surface area contributed by atoms with Gasteiger partial charge in [-0.15, -0.1) is 0 Å². The number of aromatic nitrogens is 2. The number of aliphatic imine (C=N–C) groups is 1. The van der Waals surface area contributed by atoms with E-state index in [2.05, 4.69) is 65.6 Å². The minimum atomic E-state index is 0.0189. The second-order valence-electron chi connectivity index (χ2n) is 7.78. The highest BCUT2D eigenvalue weighted by molar-refractivity contribution is 8.14. The van der Waals surface area contributed by atoms with Crippen LogP contribution in [0.3, 0.4) is 0 Å². The third-order valence-corrected chi connectivity index (χ3v) is 7.11. The van der Waals surface area contributed by atoms with E-state index >= 15 is 0 Å². The quantitative estimate of drug-likeness (QED) is 0.540. The van der Waals surface area contributed by atoms with E-state index in [9.17, 15) is 0 Å². The number of nitrogens with zero attached hydrogens (tertiary/aromatic N) is 4. The monoisotopic (exact) mass is 422 g/mol. The first-order valence-electron chi connectivity index (χ1n) is 9.89. The van der Waals surface area contributed by atoms with Crippen molar-refractivity contribution in [1.82, 2.24) is 14.5 Å². The molecule has 5 rings (SSSR count). The Hall–Kier alpha value is -2.24. The molecule has 29 heavy (non-hydrogen) atoms. The van der Waals surface area contributed by atoms with Gasteiger partial charge in [-0.1, -0.05) is 36.4 Å². The highest BCUT2D eigenvalue weighted by Gasteiger charge is 2.44. The van der Waals surface area contributed by atoms with Crippen LogP contribution >= 0.6 is 23.4 Å². The van der Waals surface area contributed by atoms with Crippen LogP contribution < -0.4 is 0 Å². The van der Waals surface area contributed by atoms with Crippen LogP contribution in [0.2, 0.25) is 5.02 Å². The molecule has 1 fully saturated rings. The van der Waals surface area contributed by atoms with Gasteiger partial charge in [0.25, 0.3) is 0 Å². The van der Waals surface area contributed by atoms with Crippen LogP contribution in [0.25, 0.3) is 5.69 Å². The number of amidine groups is 1. The Kier molecular flexibility index (Phi) is 4.67. The minimum absolute atomic E-state index is 0.0189. The van der Waals surface area contributed by atoms with Gasteiger partial charge in [0, 0.05) is 40.1 Å². The molecule has 0 radical (unpaired) electrons. The fraction of sp³-hybridized carbons (Fsp3) is 0.304. The van der Waals surface area contributed by atoms with E-state index in [1.54, 1.807) is 0 Å². The van der Waals surface area contributed by atoms with E-state index in [0.717, 1.165) is 28.1 Å². The van der Waals surface area contributed by atoms with Crippen molar-refractivity contribution < 1.29 is 0 Å². The predicted molar refractivity (Wildman–Crippen MR) is 121 cm³/mol. The molecule has 2 aliphatic heterocycles. The first-order chi connectivity index (χ1) is 14.0. The van der Waals surface area contributed by atoms with E-state index in [4.69, 9.17) is 16.6 Å². The van der Waals surface area contributed by atoms with Gasteiger partial charge in [-0.25, -0.2) is 0 Å². The van der Waals surface area contributed by atoms with E-state index in [-0.39, 0.29) is 12.1 Å². The van der Waals surface area contributed by atoms with Gasteiger partial charge in [0.05, 0.1) is 11.7 Å². The summed E-state index contributed by atoms with van der Waals surface area (Å²) in [6.45, 7) is 7.66. The van der Waals surface area contributed by atoms with Crippen molar-refractivity contribution in [3.8, 4) is 5.69 Å². The normalized spacial score (nSPS) is 23.4. The molecule has 148 valence electrons. The summed E-state index contributed by atoms with van der Waals surface area (Å²) in [5, 5.41) is 2.46. The van der Waals surface area contributed by atoms with Crippen LogP contribution in [-0.4, -0.2) is 31.4 Å². The third-order valence-electron chi connectivity index (χ3n) is 5.76. The molecule has 3 atom stereocenters. The van der Waals surface area contributed by atoms with Gasteiger partial charge in [0.1, 0.15) is 6.04 Å². The maximum absolute atomic E-state index is 6.11. The standard InChI is InChI=1S/C23H23ClN4S/c1-14-12-19(16(3)28(14)18-9-7-17(24)8-10-18)22-21(20-6-4-5-11-25-20)26-23-27(22)13-15(2)29-23/h4-12,15,21-22H,13H2,1-3H3/t15-,21-,22+/m0/s1. The summed E-state index contributed by atoms with van der Waals surface area (Å²) >= 11 is 7.98. The highest BCUT2D eigenvalue weighted by atomic mass is 35.5. The number of rotatable bonds is 3. The van der Waals surface area contributed by atoms with Gasteiger partial charge >= 0.3 is 0 Å². The number of fused-ring (bicyclic) bond motifs is 1. The minimum Gasteiger partial charge on any atom is -0.341 e. The molecular formula is C23H23ClN4S. The zero-order chi connectivity index (χ0) is 20.1. The van der Waals surface area contributed by atoms with Gasteiger partial charge in [0.2, 0.25) is 0 Å². The van der Waals surface area contributed by atoms with Crippen LogP contribution in [0.1, 0.15) is 41.7 Å². The fourth-order valence-corrected chi connectivity index (χ4v) is 5.75. The van der Waals surface area contributed by atoms with Crippen LogP contribution in [0.5, 0.6) is 0 Å². The Balaban J connectivity index is 1.62. The molecule has 0 unspecified atom stereocenters. The average Bonchev–Trinajstić information content (AvgIpc) is 3.33. The molecule has 0 spiro atoms. The average molecular weight is 423 g/mol. The molecule has 2 aromatic heterocycles. The van der Waals surface area contributed by atoms with Crippen molar-refractivity contribution in [2.24, 2.45) is 4.99 Å². The summed E-state index contributed by atoms with van der Waals surface area (Å²) in [5.74, 6) is 0. The summed E-state index contributed by atoms with van der Waals surface area (Å²) in [5.41, 5.74) is 5.95. The van der Waals surface area contributed by atoms with E-state index in [0.29, 0.717) is 5.25 Å². The number of hydrogen-bond acceptors (Lipinski definition) is 4. The fourth-order valence-electron chi connectivity index (χ4n) is 4.53. The molecule has 0 amide bonds. The maximum Gasteiger partial charge on any atom is 0.160 e. The molecule has 2 aliphatic rings. The summed E-state index contributed by atoms with van der Waals surface area (Å²) < 4.78 is 2.31. The molecule has 0 bridgehead atoms. The first kappa shape index (κ1) is 18.8. The SMILES string of the molecule is Cc1cc([C@@H]2[C@H](c3ccccn3)N=C3S[C@@H](C)CN32)c(C)n1-c1ccc(Cl)cc1. The maximum atomic E-state index is 6.11. The third kappa shape index (κ3) is 3.17. The van der Waals surface area contributed by atoms with Crippen molar-refractivity contribution in [3.05, 3.63) is 82.4 Å². The Morgan fingerprint density at radius 3 is 2.62 bits per heavy atom.